The van der Waals surface area contributed by atoms with E-state index >= 15 is 0 Å². The van der Waals surface area contributed by atoms with Crippen LogP contribution in [0.2, 0.25) is 0 Å². The quantitative estimate of drug-likeness (QED) is 0.595. The van der Waals surface area contributed by atoms with Crippen molar-refractivity contribution in [2.75, 3.05) is 6.61 Å². The van der Waals surface area contributed by atoms with Gasteiger partial charge in [0.05, 0.1) is 16.5 Å². The van der Waals surface area contributed by atoms with Crippen LogP contribution in [0.15, 0.2) is 30.3 Å². The van der Waals surface area contributed by atoms with Gasteiger partial charge in [-0.25, -0.2) is 4.79 Å². The normalized spacial score (nSPS) is 28.1. The molecule has 0 N–H and O–H groups in total. The summed E-state index contributed by atoms with van der Waals surface area (Å²) in [5.41, 5.74) is 0.879. The molecule has 0 saturated carbocycles. The van der Waals surface area contributed by atoms with E-state index < -0.39 is 22.7 Å². The number of benzene rings is 1. The van der Waals surface area contributed by atoms with Gasteiger partial charge in [0.25, 0.3) is 0 Å². The Kier molecular flexibility index (Phi) is 4.54. The van der Waals surface area contributed by atoms with Crippen LogP contribution in [0.4, 0.5) is 0 Å². The van der Waals surface area contributed by atoms with Crippen LogP contribution in [-0.2, 0) is 30.5 Å². The lowest BCUT2D eigenvalue weighted by Gasteiger charge is -2.37. The van der Waals surface area contributed by atoms with E-state index in [1.54, 1.807) is 4.90 Å². The number of esters is 2. The zero-order valence-electron chi connectivity index (χ0n) is 13.6. The van der Waals surface area contributed by atoms with Gasteiger partial charge in [-0.05, 0) is 12.5 Å². The largest absolute Gasteiger partial charge is 0.464 e. The molecule has 3 atom stereocenters. The van der Waals surface area contributed by atoms with Crippen molar-refractivity contribution >= 4 is 29.6 Å². The second-order valence-corrected chi connectivity index (χ2v) is 7.88. The van der Waals surface area contributed by atoms with Crippen LogP contribution in [0.3, 0.4) is 0 Å². The Morgan fingerprint density at radius 3 is 2.62 bits per heavy atom. The molecule has 0 bridgehead atoms. The fraction of sp³-hybridized carbons (Fsp3) is 0.471. The maximum Gasteiger partial charge on any atom is 0.330 e. The molecule has 0 radical (unpaired) electrons. The maximum atomic E-state index is 12.6. The third-order valence-corrected chi connectivity index (χ3v) is 5.76. The summed E-state index contributed by atoms with van der Waals surface area (Å²) in [6.45, 7) is 3.38. The Morgan fingerprint density at radius 2 is 2.00 bits per heavy atom. The smallest absolute Gasteiger partial charge is 0.330 e. The van der Waals surface area contributed by atoms with Gasteiger partial charge in [-0.3, -0.25) is 9.59 Å². The number of hydrogen-bond acceptors (Lipinski definition) is 6. The zero-order chi connectivity index (χ0) is 17.3. The number of fused-ring (bicyclic) bond motifs is 1. The highest BCUT2D eigenvalue weighted by Gasteiger charge is 2.61. The molecule has 0 spiro atoms. The van der Waals surface area contributed by atoms with Crippen LogP contribution in [0.25, 0.3) is 0 Å². The lowest BCUT2D eigenvalue weighted by atomic mass is 9.97. The van der Waals surface area contributed by atoms with Crippen molar-refractivity contribution in [2.24, 2.45) is 0 Å². The molecule has 0 aliphatic carbocycles. The summed E-state index contributed by atoms with van der Waals surface area (Å²) in [5, 5.41) is -0.0488. The number of hydrogen-bond donors (Lipinski definition) is 0. The van der Waals surface area contributed by atoms with E-state index in [0.29, 0.717) is 6.42 Å². The van der Waals surface area contributed by atoms with Gasteiger partial charge in [-0.15, -0.1) is 11.8 Å². The Labute approximate surface area is 144 Å². The first-order valence-electron chi connectivity index (χ1n) is 7.73. The van der Waals surface area contributed by atoms with E-state index in [4.69, 9.17) is 9.47 Å². The third kappa shape index (κ3) is 3.13. The molecule has 2 heterocycles. The molecule has 0 aromatic heterocycles. The van der Waals surface area contributed by atoms with E-state index in [9.17, 15) is 14.4 Å². The van der Waals surface area contributed by atoms with Gasteiger partial charge in [-0.2, -0.15) is 0 Å². The average Bonchev–Trinajstić information content (AvgIpc) is 2.80. The Bertz CT molecular complexity index is 664. The molecule has 1 amide bonds. The highest BCUT2D eigenvalue weighted by Crippen LogP contribution is 2.51. The number of carbonyl (C=O) groups is 3. The molecular formula is C17H19NO5S. The minimum atomic E-state index is -0.739. The van der Waals surface area contributed by atoms with E-state index in [1.807, 2.05) is 37.3 Å². The van der Waals surface area contributed by atoms with Gasteiger partial charge >= 0.3 is 11.9 Å². The highest BCUT2D eigenvalue weighted by molar-refractivity contribution is 8.01. The molecule has 2 fully saturated rings. The van der Waals surface area contributed by atoms with Gasteiger partial charge in [0.1, 0.15) is 19.3 Å². The predicted octanol–water partition coefficient (Wildman–Crippen LogP) is 1.73. The van der Waals surface area contributed by atoms with Crippen molar-refractivity contribution in [1.29, 1.82) is 0 Å². The van der Waals surface area contributed by atoms with Crippen LogP contribution in [-0.4, -0.2) is 45.5 Å². The summed E-state index contributed by atoms with van der Waals surface area (Å²) in [7, 11) is 0. The SMILES string of the molecule is CC(=O)OC[C@]1(C)S[C@@H]2CC(=O)N2[C@H]1C(=O)OCc1ccccc1. The number of carbonyl (C=O) groups excluding carboxylic acids is 3. The summed E-state index contributed by atoms with van der Waals surface area (Å²) in [4.78, 5) is 37.3. The summed E-state index contributed by atoms with van der Waals surface area (Å²) in [5.74, 6) is -0.939. The fourth-order valence-electron chi connectivity index (χ4n) is 3.01. The molecule has 7 heteroatoms. The lowest BCUT2D eigenvalue weighted by Crippen LogP contribution is -2.58. The molecular weight excluding hydrogens is 330 g/mol. The molecule has 3 rings (SSSR count). The molecule has 128 valence electrons. The van der Waals surface area contributed by atoms with Crippen molar-refractivity contribution in [2.45, 2.75) is 43.0 Å². The van der Waals surface area contributed by atoms with Crippen LogP contribution < -0.4 is 0 Å². The van der Waals surface area contributed by atoms with Crippen LogP contribution in [0.1, 0.15) is 25.8 Å². The molecule has 2 saturated heterocycles. The topological polar surface area (TPSA) is 72.9 Å². The second-order valence-electron chi connectivity index (χ2n) is 6.17. The van der Waals surface area contributed by atoms with Gasteiger partial charge in [-0.1, -0.05) is 30.3 Å². The highest BCUT2D eigenvalue weighted by atomic mass is 32.2. The number of thioether (sulfide) groups is 1. The van der Waals surface area contributed by atoms with Crippen molar-refractivity contribution in [3.63, 3.8) is 0 Å². The lowest BCUT2D eigenvalue weighted by molar-refractivity contribution is -0.164. The molecule has 24 heavy (non-hydrogen) atoms. The van der Waals surface area contributed by atoms with E-state index in [1.165, 1.54) is 18.7 Å². The van der Waals surface area contributed by atoms with Crippen molar-refractivity contribution in [3.8, 4) is 0 Å². The van der Waals surface area contributed by atoms with Crippen molar-refractivity contribution in [1.82, 2.24) is 4.90 Å². The molecule has 1 aromatic rings. The van der Waals surface area contributed by atoms with Crippen LogP contribution in [0.5, 0.6) is 0 Å². The van der Waals surface area contributed by atoms with Crippen LogP contribution >= 0.6 is 11.8 Å². The van der Waals surface area contributed by atoms with Gasteiger partial charge in [0.15, 0.2) is 0 Å². The van der Waals surface area contributed by atoms with Crippen molar-refractivity contribution in [3.05, 3.63) is 35.9 Å². The number of nitrogens with zero attached hydrogens (tertiary/aromatic N) is 1. The van der Waals surface area contributed by atoms with Crippen LogP contribution in [0, 0.1) is 0 Å². The molecule has 0 unspecified atom stereocenters. The summed E-state index contributed by atoms with van der Waals surface area (Å²) < 4.78 is 9.86. The summed E-state index contributed by atoms with van der Waals surface area (Å²) in [6, 6.07) is 8.62. The monoisotopic (exact) mass is 349 g/mol. The van der Waals surface area contributed by atoms with Gasteiger partial charge in [0, 0.05) is 6.92 Å². The molecule has 2 aliphatic heterocycles. The summed E-state index contributed by atoms with van der Waals surface area (Å²) in [6.07, 6.45) is 0.406. The summed E-state index contributed by atoms with van der Waals surface area (Å²) >= 11 is 1.49. The van der Waals surface area contributed by atoms with Crippen molar-refractivity contribution < 1.29 is 23.9 Å². The zero-order valence-corrected chi connectivity index (χ0v) is 14.4. The second kappa shape index (κ2) is 6.47. The molecule has 1 aromatic carbocycles. The van der Waals surface area contributed by atoms with Gasteiger partial charge in [0.2, 0.25) is 5.91 Å². The number of amides is 1. The molecule has 2 aliphatic rings. The van der Waals surface area contributed by atoms with E-state index in [-0.39, 0.29) is 24.5 Å². The first kappa shape index (κ1) is 16.8. The Hall–Kier alpha value is -2.02. The number of rotatable bonds is 5. The fourth-order valence-corrected chi connectivity index (χ4v) is 4.67. The molecule has 6 nitrogen and oxygen atoms in total. The Balaban J connectivity index is 1.72. The van der Waals surface area contributed by atoms with Gasteiger partial charge < -0.3 is 14.4 Å². The average molecular weight is 349 g/mol. The first-order valence-corrected chi connectivity index (χ1v) is 8.61. The first-order chi connectivity index (χ1) is 11.4. The standard InChI is InChI=1S/C17H19NO5S/c1-11(19)23-10-17(2)15(18-13(20)8-14(18)24-17)16(21)22-9-12-6-4-3-5-7-12/h3-7,14-15H,8-10H2,1-2H3/t14-,15+,17+/m1/s1. The Morgan fingerprint density at radius 1 is 1.29 bits per heavy atom. The third-order valence-electron chi connectivity index (χ3n) is 4.22. The number of ether oxygens (including phenoxy) is 2. The maximum absolute atomic E-state index is 12.6. The predicted molar refractivity (Wildman–Crippen MR) is 87.9 cm³/mol. The van der Waals surface area contributed by atoms with E-state index in [2.05, 4.69) is 0 Å². The van der Waals surface area contributed by atoms with E-state index in [0.717, 1.165) is 5.56 Å². The minimum absolute atomic E-state index is 0.0488. The minimum Gasteiger partial charge on any atom is -0.464 e. The number of β-lactam (4-membered cyclic amide) rings is 1.